The minimum absolute atomic E-state index is 0.753. The van der Waals surface area contributed by atoms with Gasteiger partial charge in [0.2, 0.25) is 0 Å². The maximum atomic E-state index is 4.19. The van der Waals surface area contributed by atoms with Crippen molar-refractivity contribution in [3.05, 3.63) is 67.7 Å². The molecule has 0 fully saturated rings. The Morgan fingerprint density at radius 3 is 2.56 bits per heavy atom. The highest BCUT2D eigenvalue weighted by molar-refractivity contribution is 6.07. The minimum atomic E-state index is 0.753. The fourth-order valence-electron chi connectivity index (χ4n) is 0.922. The fourth-order valence-corrected chi connectivity index (χ4v) is 0.922. The second kappa shape index (κ2) is 9.59. The smallest absolute Gasteiger partial charge is 0.0885 e. The first kappa shape index (κ1) is 14.0. The number of aliphatic imine (C=N–C) groups is 1. The molecule has 0 saturated heterocycles. The molecular formula is C14H18N2. The van der Waals surface area contributed by atoms with Crippen LogP contribution in [-0.2, 0) is 0 Å². The van der Waals surface area contributed by atoms with Gasteiger partial charge in [-0.05, 0) is 24.3 Å². The molecule has 0 unspecified atom stereocenters. The molecular weight excluding hydrogens is 196 g/mol. The normalized spacial score (nSPS) is 10.5. The third-order valence-corrected chi connectivity index (χ3v) is 1.56. The maximum Gasteiger partial charge on any atom is 0.0885 e. The average Bonchev–Trinajstić information content (AvgIpc) is 2.38. The lowest BCUT2D eigenvalue weighted by atomic mass is 10.2. The van der Waals surface area contributed by atoms with Crippen LogP contribution in [-0.4, -0.2) is 10.7 Å². The molecule has 0 bridgehead atoms. The lowest BCUT2D eigenvalue weighted by Gasteiger charge is -1.96. The standard InChI is InChI=1S/C12H12N2.C2H6/c1-3-5-9-13-11(4-2)12-8-6-7-10-14-12;1-2/h3-10H,1-2H2;1-2H3/b9-5-,13-11?;. The summed E-state index contributed by atoms with van der Waals surface area (Å²) in [5, 5.41) is 0. The van der Waals surface area contributed by atoms with Crippen LogP contribution in [0.15, 0.2) is 67.0 Å². The van der Waals surface area contributed by atoms with Crippen molar-refractivity contribution >= 4 is 5.71 Å². The van der Waals surface area contributed by atoms with Gasteiger partial charge in [0.25, 0.3) is 0 Å². The van der Waals surface area contributed by atoms with E-state index < -0.39 is 0 Å². The van der Waals surface area contributed by atoms with Gasteiger partial charge in [-0.2, -0.15) is 0 Å². The van der Waals surface area contributed by atoms with Crippen molar-refractivity contribution in [3.63, 3.8) is 0 Å². The SMILES string of the molecule is C=C/C=C\N=C(C=C)c1ccccn1.CC. The molecule has 1 aromatic rings. The fraction of sp³-hybridized carbons (Fsp3) is 0.143. The molecule has 1 rings (SSSR count). The summed E-state index contributed by atoms with van der Waals surface area (Å²) in [5.74, 6) is 0. The van der Waals surface area contributed by atoms with Crippen molar-refractivity contribution in [2.24, 2.45) is 4.99 Å². The monoisotopic (exact) mass is 214 g/mol. The Morgan fingerprint density at radius 1 is 1.31 bits per heavy atom. The summed E-state index contributed by atoms with van der Waals surface area (Å²) in [4.78, 5) is 8.35. The van der Waals surface area contributed by atoms with E-state index in [-0.39, 0.29) is 0 Å². The van der Waals surface area contributed by atoms with Crippen molar-refractivity contribution in [3.8, 4) is 0 Å². The molecule has 0 atom stereocenters. The molecule has 16 heavy (non-hydrogen) atoms. The van der Waals surface area contributed by atoms with E-state index in [1.807, 2.05) is 32.0 Å². The first-order chi connectivity index (χ1) is 7.88. The van der Waals surface area contributed by atoms with Crippen molar-refractivity contribution in [1.82, 2.24) is 4.98 Å². The van der Waals surface area contributed by atoms with Gasteiger partial charge in [0.15, 0.2) is 0 Å². The number of hydrogen-bond donors (Lipinski definition) is 0. The van der Waals surface area contributed by atoms with E-state index in [1.54, 1.807) is 30.6 Å². The second-order valence-corrected chi connectivity index (χ2v) is 2.51. The Labute approximate surface area is 97.8 Å². The molecule has 0 amide bonds. The molecule has 0 aliphatic heterocycles. The van der Waals surface area contributed by atoms with E-state index in [0.717, 1.165) is 11.4 Å². The first-order valence-electron chi connectivity index (χ1n) is 5.27. The molecule has 0 aliphatic rings. The molecule has 0 aromatic carbocycles. The molecule has 2 nitrogen and oxygen atoms in total. The van der Waals surface area contributed by atoms with Crippen LogP contribution < -0.4 is 0 Å². The Morgan fingerprint density at radius 2 is 2.06 bits per heavy atom. The van der Waals surface area contributed by atoms with Crippen LogP contribution in [0.5, 0.6) is 0 Å². The number of rotatable bonds is 4. The van der Waals surface area contributed by atoms with Gasteiger partial charge in [-0.25, -0.2) is 0 Å². The van der Waals surface area contributed by atoms with Gasteiger partial charge in [0, 0.05) is 12.4 Å². The highest BCUT2D eigenvalue weighted by Gasteiger charge is 1.96. The second-order valence-electron chi connectivity index (χ2n) is 2.51. The van der Waals surface area contributed by atoms with Crippen LogP contribution in [0.1, 0.15) is 19.5 Å². The highest BCUT2D eigenvalue weighted by atomic mass is 14.8. The Hall–Kier alpha value is -1.96. The third kappa shape index (κ3) is 5.05. The topological polar surface area (TPSA) is 25.2 Å². The Balaban J connectivity index is 0.00000106. The maximum absolute atomic E-state index is 4.19. The summed E-state index contributed by atoms with van der Waals surface area (Å²) in [6.07, 6.45) is 8.50. The summed E-state index contributed by atoms with van der Waals surface area (Å²) in [5.41, 5.74) is 1.57. The summed E-state index contributed by atoms with van der Waals surface area (Å²) < 4.78 is 0. The predicted molar refractivity (Wildman–Crippen MR) is 71.7 cm³/mol. The van der Waals surface area contributed by atoms with Crippen molar-refractivity contribution < 1.29 is 0 Å². The molecule has 0 saturated carbocycles. The number of nitrogens with zero attached hydrogens (tertiary/aromatic N) is 2. The molecule has 1 heterocycles. The van der Waals surface area contributed by atoms with E-state index in [2.05, 4.69) is 23.1 Å². The molecule has 1 aromatic heterocycles. The highest BCUT2D eigenvalue weighted by Crippen LogP contribution is 1.98. The van der Waals surface area contributed by atoms with Gasteiger partial charge < -0.3 is 0 Å². The van der Waals surface area contributed by atoms with Gasteiger partial charge in [-0.3, -0.25) is 9.98 Å². The van der Waals surface area contributed by atoms with E-state index in [0.29, 0.717) is 0 Å². The van der Waals surface area contributed by atoms with Gasteiger partial charge in [0.05, 0.1) is 11.4 Å². The lowest BCUT2D eigenvalue weighted by molar-refractivity contribution is 1.29. The summed E-state index contributed by atoms with van der Waals surface area (Å²) in [6.45, 7) is 11.2. The number of allylic oxidation sites excluding steroid dienone is 3. The molecule has 84 valence electrons. The molecule has 2 heteroatoms. The average molecular weight is 214 g/mol. The number of hydrogen-bond acceptors (Lipinski definition) is 2. The van der Waals surface area contributed by atoms with Crippen LogP contribution in [0.2, 0.25) is 0 Å². The summed E-state index contributed by atoms with van der Waals surface area (Å²) in [6, 6.07) is 5.67. The zero-order valence-electron chi connectivity index (χ0n) is 9.93. The third-order valence-electron chi connectivity index (χ3n) is 1.56. The van der Waals surface area contributed by atoms with Crippen LogP contribution in [0.25, 0.3) is 0 Å². The van der Waals surface area contributed by atoms with Gasteiger partial charge in [-0.15, -0.1) is 0 Å². The van der Waals surface area contributed by atoms with Crippen molar-refractivity contribution in [2.45, 2.75) is 13.8 Å². The molecule has 0 aliphatic carbocycles. The van der Waals surface area contributed by atoms with E-state index >= 15 is 0 Å². The zero-order chi connectivity index (χ0) is 12.2. The van der Waals surface area contributed by atoms with E-state index in [9.17, 15) is 0 Å². The van der Waals surface area contributed by atoms with Crippen LogP contribution in [0, 0.1) is 0 Å². The zero-order valence-corrected chi connectivity index (χ0v) is 9.93. The van der Waals surface area contributed by atoms with Gasteiger partial charge in [-0.1, -0.05) is 39.1 Å². The molecule has 0 radical (unpaired) electrons. The van der Waals surface area contributed by atoms with E-state index in [4.69, 9.17) is 0 Å². The molecule has 0 spiro atoms. The van der Waals surface area contributed by atoms with Crippen LogP contribution in [0.3, 0.4) is 0 Å². The van der Waals surface area contributed by atoms with Gasteiger partial charge in [0.1, 0.15) is 0 Å². The number of aromatic nitrogens is 1. The largest absolute Gasteiger partial charge is 0.255 e. The summed E-state index contributed by atoms with van der Waals surface area (Å²) >= 11 is 0. The quantitative estimate of drug-likeness (QED) is 0.553. The van der Waals surface area contributed by atoms with Crippen molar-refractivity contribution in [2.75, 3.05) is 0 Å². The van der Waals surface area contributed by atoms with Crippen LogP contribution in [0.4, 0.5) is 0 Å². The van der Waals surface area contributed by atoms with Gasteiger partial charge >= 0.3 is 0 Å². The lowest BCUT2D eigenvalue weighted by Crippen LogP contribution is -1.97. The van der Waals surface area contributed by atoms with E-state index in [1.165, 1.54) is 0 Å². The van der Waals surface area contributed by atoms with Crippen molar-refractivity contribution in [1.29, 1.82) is 0 Å². The Bertz CT molecular complexity index is 362. The Kier molecular flexibility index (Phi) is 8.41. The predicted octanol–water partition coefficient (Wildman–Crippen LogP) is 3.78. The first-order valence-corrected chi connectivity index (χ1v) is 5.27. The minimum Gasteiger partial charge on any atom is -0.255 e. The summed E-state index contributed by atoms with van der Waals surface area (Å²) in [7, 11) is 0. The number of pyridine rings is 1. The molecule has 0 N–H and O–H groups in total. The van der Waals surface area contributed by atoms with Crippen LogP contribution >= 0.6 is 0 Å².